The average Bonchev–Trinajstić information content (AvgIpc) is 3.27. The number of hydrogen-bond acceptors (Lipinski definition) is 5. The molecule has 4 aromatic rings. The number of imidazole rings is 1. The van der Waals surface area contributed by atoms with Crippen LogP contribution in [0.5, 0.6) is 0 Å². The molecule has 8 heteroatoms. The van der Waals surface area contributed by atoms with Crippen molar-refractivity contribution in [3.63, 3.8) is 0 Å². The third-order valence-electron chi connectivity index (χ3n) is 4.21. The highest BCUT2D eigenvalue weighted by Crippen LogP contribution is 2.25. The third kappa shape index (κ3) is 3.24. The first-order valence-electron chi connectivity index (χ1n) is 8.48. The Balaban J connectivity index is 1.56. The van der Waals surface area contributed by atoms with Crippen LogP contribution >= 0.6 is 0 Å². The Morgan fingerprint density at radius 2 is 1.82 bits per heavy atom. The number of hydrogen-bond donors (Lipinski definition) is 0. The summed E-state index contributed by atoms with van der Waals surface area (Å²) in [7, 11) is 0. The molecular weight excluding hydrogens is 368 g/mol. The highest BCUT2D eigenvalue weighted by atomic mass is 19.3. The fourth-order valence-electron chi connectivity index (χ4n) is 2.90. The van der Waals surface area contributed by atoms with Crippen molar-refractivity contribution in [2.75, 3.05) is 0 Å². The number of halogens is 2. The van der Waals surface area contributed by atoms with Gasteiger partial charge in [-0.3, -0.25) is 4.57 Å². The zero-order chi connectivity index (χ0) is 19.7. The number of alkyl halides is 2. The van der Waals surface area contributed by atoms with E-state index >= 15 is 0 Å². The second-order valence-electron chi connectivity index (χ2n) is 6.03. The first-order chi connectivity index (χ1) is 13.5. The van der Waals surface area contributed by atoms with Crippen molar-refractivity contribution in [1.82, 2.24) is 14.5 Å². The molecule has 0 radical (unpaired) electrons. The smallest absolute Gasteiger partial charge is 0.361 e. The molecule has 2 aromatic heterocycles. The predicted molar refractivity (Wildman–Crippen MR) is 96.8 cm³/mol. The summed E-state index contributed by atoms with van der Waals surface area (Å²) in [5, 5.41) is 0. The number of nitrogens with zero attached hydrogens (tertiary/aromatic N) is 3. The molecule has 0 N–H and O–H groups in total. The summed E-state index contributed by atoms with van der Waals surface area (Å²) in [6.45, 7) is -1.63. The van der Waals surface area contributed by atoms with Gasteiger partial charge in [-0.2, -0.15) is 8.78 Å². The van der Waals surface area contributed by atoms with Gasteiger partial charge in [-0.1, -0.05) is 30.3 Å². The SMILES string of the molecule is Cc1oc(-c2ccccc2)nc1C(=O)OCc1nc2ccccc2n1C(F)F. The van der Waals surface area contributed by atoms with Crippen LogP contribution in [0.1, 0.15) is 28.6 Å². The molecule has 0 bridgehead atoms. The predicted octanol–water partition coefficient (Wildman–Crippen LogP) is 4.75. The number of aromatic nitrogens is 3. The van der Waals surface area contributed by atoms with Gasteiger partial charge in [0.15, 0.2) is 11.5 Å². The van der Waals surface area contributed by atoms with Crippen molar-refractivity contribution in [2.45, 2.75) is 20.1 Å². The second-order valence-corrected chi connectivity index (χ2v) is 6.03. The van der Waals surface area contributed by atoms with E-state index in [0.717, 1.165) is 4.57 Å². The number of rotatable bonds is 5. The molecule has 0 amide bonds. The minimum atomic E-state index is -2.81. The van der Waals surface area contributed by atoms with Gasteiger partial charge in [-0.05, 0) is 31.2 Å². The Morgan fingerprint density at radius 3 is 2.57 bits per heavy atom. The fraction of sp³-hybridized carbons (Fsp3) is 0.150. The van der Waals surface area contributed by atoms with Gasteiger partial charge in [0.05, 0.1) is 11.0 Å². The van der Waals surface area contributed by atoms with Crippen molar-refractivity contribution in [2.24, 2.45) is 0 Å². The van der Waals surface area contributed by atoms with E-state index < -0.39 is 19.1 Å². The average molecular weight is 383 g/mol. The van der Waals surface area contributed by atoms with E-state index in [2.05, 4.69) is 9.97 Å². The summed E-state index contributed by atoms with van der Waals surface area (Å²) in [5.41, 5.74) is 1.38. The van der Waals surface area contributed by atoms with Gasteiger partial charge < -0.3 is 9.15 Å². The zero-order valence-electron chi connectivity index (χ0n) is 14.8. The number of ether oxygens (including phenoxy) is 1. The van der Waals surface area contributed by atoms with Gasteiger partial charge in [0.25, 0.3) is 0 Å². The summed E-state index contributed by atoms with van der Waals surface area (Å²) in [5.74, 6) is -0.249. The zero-order valence-corrected chi connectivity index (χ0v) is 14.8. The van der Waals surface area contributed by atoms with Crippen LogP contribution in [-0.4, -0.2) is 20.5 Å². The molecular formula is C20H15F2N3O3. The van der Waals surface area contributed by atoms with Crippen LogP contribution in [0.2, 0.25) is 0 Å². The summed E-state index contributed by atoms with van der Waals surface area (Å²) < 4.78 is 38.4. The molecule has 0 unspecified atom stereocenters. The Bertz CT molecular complexity index is 1140. The van der Waals surface area contributed by atoms with Crippen molar-refractivity contribution >= 4 is 17.0 Å². The minimum Gasteiger partial charge on any atom is -0.453 e. The minimum absolute atomic E-state index is 0.00133. The molecule has 0 aliphatic heterocycles. The van der Waals surface area contributed by atoms with E-state index in [-0.39, 0.29) is 28.7 Å². The van der Waals surface area contributed by atoms with Crippen molar-refractivity contribution in [1.29, 1.82) is 0 Å². The number of carbonyl (C=O) groups excluding carboxylic acids is 1. The number of para-hydroxylation sites is 2. The van der Waals surface area contributed by atoms with E-state index in [1.165, 1.54) is 6.07 Å². The van der Waals surface area contributed by atoms with Crippen molar-refractivity contribution < 1.29 is 22.7 Å². The molecule has 0 saturated carbocycles. The van der Waals surface area contributed by atoms with E-state index in [1.807, 2.05) is 18.2 Å². The summed E-state index contributed by atoms with van der Waals surface area (Å²) in [4.78, 5) is 20.7. The summed E-state index contributed by atoms with van der Waals surface area (Å²) in [6, 6.07) is 15.6. The number of aryl methyl sites for hydroxylation is 1. The van der Waals surface area contributed by atoms with Gasteiger partial charge in [0.1, 0.15) is 12.4 Å². The number of fused-ring (bicyclic) bond motifs is 1. The van der Waals surface area contributed by atoms with Crippen molar-refractivity contribution in [3.05, 3.63) is 71.9 Å². The Kier molecular flexibility index (Phi) is 4.60. The van der Waals surface area contributed by atoms with Crippen molar-refractivity contribution in [3.8, 4) is 11.5 Å². The monoisotopic (exact) mass is 383 g/mol. The fourth-order valence-corrected chi connectivity index (χ4v) is 2.90. The standard InChI is InChI=1S/C20H15F2N3O3/c1-12-17(24-18(28-12)13-7-3-2-4-8-13)19(26)27-11-16-23-14-9-5-6-10-15(14)25(16)20(21)22/h2-10,20H,11H2,1H3. The van der Waals surface area contributed by atoms with Crippen LogP contribution in [0.25, 0.3) is 22.5 Å². The molecule has 2 aromatic carbocycles. The van der Waals surface area contributed by atoms with Crippen LogP contribution in [0, 0.1) is 6.92 Å². The number of carbonyl (C=O) groups is 1. The van der Waals surface area contributed by atoms with Crippen LogP contribution in [0.4, 0.5) is 8.78 Å². The molecule has 0 atom stereocenters. The molecule has 4 rings (SSSR count). The molecule has 6 nitrogen and oxygen atoms in total. The van der Waals surface area contributed by atoms with Gasteiger partial charge >= 0.3 is 12.5 Å². The largest absolute Gasteiger partial charge is 0.453 e. The quantitative estimate of drug-likeness (QED) is 0.465. The number of esters is 1. The van der Waals surface area contributed by atoms with Crippen LogP contribution < -0.4 is 0 Å². The maximum Gasteiger partial charge on any atom is 0.361 e. The summed E-state index contributed by atoms with van der Waals surface area (Å²) >= 11 is 0. The molecule has 2 heterocycles. The van der Waals surface area contributed by atoms with Gasteiger partial charge in [0.2, 0.25) is 5.89 Å². The third-order valence-corrected chi connectivity index (χ3v) is 4.21. The first-order valence-corrected chi connectivity index (χ1v) is 8.48. The number of benzene rings is 2. The Hall–Kier alpha value is -3.55. The molecule has 0 fully saturated rings. The molecule has 0 saturated heterocycles. The molecule has 28 heavy (non-hydrogen) atoms. The van der Waals surface area contributed by atoms with Crippen LogP contribution in [-0.2, 0) is 11.3 Å². The normalized spacial score (nSPS) is 11.3. The maximum atomic E-state index is 13.4. The van der Waals surface area contributed by atoms with E-state index in [1.54, 1.807) is 37.3 Å². The van der Waals surface area contributed by atoms with E-state index in [0.29, 0.717) is 11.1 Å². The topological polar surface area (TPSA) is 70.2 Å². The van der Waals surface area contributed by atoms with E-state index in [4.69, 9.17) is 9.15 Å². The Labute approximate surface area is 158 Å². The van der Waals surface area contributed by atoms with Gasteiger partial charge in [-0.25, -0.2) is 14.8 Å². The second kappa shape index (κ2) is 7.22. The maximum absolute atomic E-state index is 13.4. The lowest BCUT2D eigenvalue weighted by atomic mass is 10.2. The highest BCUT2D eigenvalue weighted by molar-refractivity contribution is 5.89. The molecule has 0 spiro atoms. The lowest BCUT2D eigenvalue weighted by molar-refractivity contribution is 0.0381. The molecule has 142 valence electrons. The molecule has 0 aliphatic rings. The van der Waals surface area contributed by atoms with Gasteiger partial charge in [0, 0.05) is 5.56 Å². The van der Waals surface area contributed by atoms with Crippen LogP contribution in [0.3, 0.4) is 0 Å². The Morgan fingerprint density at radius 1 is 1.11 bits per heavy atom. The lowest BCUT2D eigenvalue weighted by Crippen LogP contribution is -2.11. The number of oxazole rings is 1. The van der Waals surface area contributed by atoms with E-state index in [9.17, 15) is 13.6 Å². The van der Waals surface area contributed by atoms with Crippen LogP contribution in [0.15, 0.2) is 59.0 Å². The first kappa shape index (κ1) is 17.8. The molecule has 0 aliphatic carbocycles. The van der Waals surface area contributed by atoms with Gasteiger partial charge in [-0.15, -0.1) is 0 Å². The highest BCUT2D eigenvalue weighted by Gasteiger charge is 2.22. The lowest BCUT2D eigenvalue weighted by Gasteiger charge is -2.08. The summed E-state index contributed by atoms with van der Waals surface area (Å²) in [6.07, 6.45) is 0.